The zero-order valence-corrected chi connectivity index (χ0v) is 19.2. The van der Waals surface area contributed by atoms with Gasteiger partial charge in [0.15, 0.2) is 0 Å². The van der Waals surface area contributed by atoms with E-state index in [-0.39, 0.29) is 0 Å². The largest absolute Gasteiger partial charge is 0.472 e. The third-order valence-electron chi connectivity index (χ3n) is 7.30. The van der Waals surface area contributed by atoms with Crippen molar-refractivity contribution in [3.8, 4) is 22.7 Å². The first kappa shape index (κ1) is 21.4. The molecule has 4 heterocycles. The molecular formula is C25H33N5O. The first-order valence-corrected chi connectivity index (χ1v) is 10.9. The summed E-state index contributed by atoms with van der Waals surface area (Å²) in [5.74, 6) is 1.07. The van der Waals surface area contributed by atoms with Crippen molar-refractivity contribution >= 4 is 5.82 Å². The van der Waals surface area contributed by atoms with Gasteiger partial charge in [-0.3, -0.25) is 0 Å². The van der Waals surface area contributed by atoms with Crippen LogP contribution < -0.4 is 10.5 Å². The minimum Gasteiger partial charge on any atom is -0.472 e. The minimum atomic E-state index is 0.366. The number of nitrogens with two attached hydrogens (primary N) is 1. The van der Waals surface area contributed by atoms with Gasteiger partial charge in [-0.2, -0.15) is 10.1 Å². The highest BCUT2D eigenvalue weighted by atomic mass is 16.5. The highest BCUT2D eigenvalue weighted by molar-refractivity contribution is 5.75. The van der Waals surface area contributed by atoms with Gasteiger partial charge in [0.05, 0.1) is 5.69 Å². The third kappa shape index (κ3) is 4.04. The summed E-state index contributed by atoms with van der Waals surface area (Å²) in [6.07, 6.45) is 6.40. The van der Waals surface area contributed by atoms with E-state index in [1.165, 1.54) is 19.4 Å². The number of fused-ring (bicyclic) bond motifs is 3. The summed E-state index contributed by atoms with van der Waals surface area (Å²) in [6, 6.07) is 11.8. The molecule has 2 aliphatic rings. The molecule has 1 aromatic carbocycles. The van der Waals surface area contributed by atoms with Gasteiger partial charge in [-0.05, 0) is 87.2 Å². The lowest BCUT2D eigenvalue weighted by Gasteiger charge is -2.52. The highest BCUT2D eigenvalue weighted by Gasteiger charge is 2.42. The van der Waals surface area contributed by atoms with Crippen LogP contribution in [0.5, 0.6) is 5.88 Å². The number of ether oxygens (including phenoxy) is 1. The van der Waals surface area contributed by atoms with E-state index in [1.54, 1.807) is 12.3 Å². The van der Waals surface area contributed by atoms with Gasteiger partial charge in [-0.25, -0.2) is 4.68 Å². The molecule has 0 atom stereocenters. The van der Waals surface area contributed by atoms with Crippen LogP contribution in [0, 0.1) is 5.41 Å². The molecule has 2 N–H and O–H groups in total. The highest BCUT2D eigenvalue weighted by Crippen LogP contribution is 2.42. The van der Waals surface area contributed by atoms with Crippen molar-refractivity contribution in [1.29, 1.82) is 0 Å². The quantitative estimate of drug-likeness (QED) is 0.606. The van der Waals surface area contributed by atoms with Gasteiger partial charge in [-0.15, -0.1) is 0 Å². The SMILES string of the molecule is CN1CCCC(C)(C)C1(C)C.Nc1ccc2c(n1)OCc1cc(-n3cccn3)ccc1-2. The lowest BCUT2D eigenvalue weighted by molar-refractivity contribution is -0.0121. The molecule has 6 heteroatoms. The second-order valence-corrected chi connectivity index (χ2v) is 9.64. The Morgan fingerprint density at radius 2 is 1.84 bits per heavy atom. The summed E-state index contributed by atoms with van der Waals surface area (Å²) in [4.78, 5) is 6.71. The molecule has 0 aliphatic carbocycles. The predicted octanol–water partition coefficient (Wildman–Crippen LogP) is 4.93. The van der Waals surface area contributed by atoms with E-state index in [4.69, 9.17) is 10.5 Å². The Morgan fingerprint density at radius 3 is 2.52 bits per heavy atom. The number of nitrogens with zero attached hydrogens (tertiary/aromatic N) is 4. The maximum atomic E-state index is 5.69. The molecule has 164 valence electrons. The van der Waals surface area contributed by atoms with Crippen LogP contribution in [0.25, 0.3) is 16.8 Å². The molecular weight excluding hydrogens is 386 g/mol. The van der Waals surface area contributed by atoms with Gasteiger partial charge < -0.3 is 15.4 Å². The Labute approximate surface area is 185 Å². The molecule has 0 saturated carbocycles. The fourth-order valence-corrected chi connectivity index (χ4v) is 4.30. The maximum absolute atomic E-state index is 5.69. The lowest BCUT2D eigenvalue weighted by Crippen LogP contribution is -2.55. The minimum absolute atomic E-state index is 0.366. The van der Waals surface area contributed by atoms with Crippen LogP contribution >= 0.6 is 0 Å². The molecule has 31 heavy (non-hydrogen) atoms. The Morgan fingerprint density at radius 1 is 1.06 bits per heavy atom. The van der Waals surface area contributed by atoms with E-state index in [0.29, 0.717) is 29.3 Å². The van der Waals surface area contributed by atoms with Gasteiger partial charge in [0, 0.05) is 23.5 Å². The van der Waals surface area contributed by atoms with Crippen molar-refractivity contribution in [3.05, 3.63) is 54.4 Å². The average molecular weight is 420 g/mol. The number of nitrogen functional groups attached to an aromatic ring is 1. The van der Waals surface area contributed by atoms with E-state index in [1.807, 2.05) is 29.1 Å². The van der Waals surface area contributed by atoms with Crippen LogP contribution in [-0.4, -0.2) is 38.8 Å². The van der Waals surface area contributed by atoms with Gasteiger partial charge in [-0.1, -0.05) is 19.9 Å². The van der Waals surface area contributed by atoms with Crippen LogP contribution in [0.4, 0.5) is 5.82 Å². The zero-order chi connectivity index (χ0) is 22.2. The molecule has 2 aromatic heterocycles. The van der Waals surface area contributed by atoms with Crippen LogP contribution in [0.15, 0.2) is 48.8 Å². The summed E-state index contributed by atoms with van der Waals surface area (Å²) in [5.41, 5.74) is 10.8. The van der Waals surface area contributed by atoms with Crippen LogP contribution in [0.3, 0.4) is 0 Å². The zero-order valence-electron chi connectivity index (χ0n) is 19.2. The smallest absolute Gasteiger partial charge is 0.223 e. The van der Waals surface area contributed by atoms with Gasteiger partial charge >= 0.3 is 0 Å². The predicted molar refractivity (Wildman–Crippen MR) is 125 cm³/mol. The molecule has 1 saturated heterocycles. The third-order valence-corrected chi connectivity index (χ3v) is 7.30. The Balaban J connectivity index is 0.000000180. The molecule has 2 aliphatic heterocycles. The summed E-state index contributed by atoms with van der Waals surface area (Å²) in [7, 11) is 2.24. The first-order valence-electron chi connectivity index (χ1n) is 10.9. The molecule has 6 nitrogen and oxygen atoms in total. The number of hydrogen-bond donors (Lipinski definition) is 1. The van der Waals surface area contributed by atoms with E-state index in [2.05, 4.69) is 61.9 Å². The number of rotatable bonds is 1. The number of benzene rings is 1. The van der Waals surface area contributed by atoms with Gasteiger partial charge in [0.25, 0.3) is 0 Å². The molecule has 0 bridgehead atoms. The number of piperidine rings is 1. The van der Waals surface area contributed by atoms with Crippen molar-refractivity contribution in [1.82, 2.24) is 19.7 Å². The second-order valence-electron chi connectivity index (χ2n) is 9.64. The number of pyridine rings is 1. The maximum Gasteiger partial charge on any atom is 0.223 e. The van der Waals surface area contributed by atoms with E-state index in [9.17, 15) is 0 Å². The Bertz CT molecular complexity index is 1060. The average Bonchev–Trinajstić information content (AvgIpc) is 3.27. The first-order chi connectivity index (χ1) is 14.7. The van der Waals surface area contributed by atoms with Crippen molar-refractivity contribution in [2.75, 3.05) is 19.3 Å². The fraction of sp³-hybridized carbons (Fsp3) is 0.440. The normalized spacial score (nSPS) is 18.7. The summed E-state index contributed by atoms with van der Waals surface area (Å²) >= 11 is 0. The molecule has 3 aromatic rings. The molecule has 5 rings (SSSR count). The van der Waals surface area contributed by atoms with Crippen molar-refractivity contribution < 1.29 is 4.74 Å². The van der Waals surface area contributed by atoms with E-state index in [0.717, 1.165) is 22.4 Å². The van der Waals surface area contributed by atoms with Crippen molar-refractivity contribution in [3.63, 3.8) is 0 Å². The lowest BCUT2D eigenvalue weighted by atomic mass is 9.68. The summed E-state index contributed by atoms with van der Waals surface area (Å²) in [5, 5.41) is 4.24. The van der Waals surface area contributed by atoms with Crippen LogP contribution in [0.2, 0.25) is 0 Å². The van der Waals surface area contributed by atoms with Gasteiger partial charge in [0.1, 0.15) is 12.4 Å². The molecule has 0 unspecified atom stereocenters. The fourth-order valence-electron chi connectivity index (χ4n) is 4.30. The molecule has 1 fully saturated rings. The molecule has 0 amide bonds. The summed E-state index contributed by atoms with van der Waals surface area (Å²) < 4.78 is 7.51. The van der Waals surface area contributed by atoms with Crippen molar-refractivity contribution in [2.24, 2.45) is 5.41 Å². The standard InChI is InChI=1S/C15H12N4O.C10H21N/c16-14-5-4-13-12-3-2-11(19-7-1-6-17-19)8-10(12)9-20-15(13)18-14;1-9(2)7-6-8-11(5)10(9,3)4/h1-8H,9H2,(H2,16,18);6-8H2,1-5H3. The molecule has 0 spiro atoms. The summed E-state index contributed by atoms with van der Waals surface area (Å²) in [6.45, 7) is 11.2. The number of hydrogen-bond acceptors (Lipinski definition) is 5. The van der Waals surface area contributed by atoms with E-state index < -0.39 is 0 Å². The van der Waals surface area contributed by atoms with E-state index >= 15 is 0 Å². The molecule has 0 radical (unpaired) electrons. The van der Waals surface area contributed by atoms with Gasteiger partial charge in [0.2, 0.25) is 5.88 Å². The van der Waals surface area contributed by atoms with Crippen molar-refractivity contribution in [2.45, 2.75) is 52.7 Å². The number of anilines is 1. The second kappa shape index (κ2) is 8.00. The number of aromatic nitrogens is 3. The Kier molecular flexibility index (Phi) is 5.52. The number of likely N-dealkylation sites (tertiary alicyclic amines) is 1. The Hall–Kier alpha value is -2.86. The topological polar surface area (TPSA) is 69.2 Å². The van der Waals surface area contributed by atoms with Crippen LogP contribution in [0.1, 0.15) is 46.1 Å². The van der Waals surface area contributed by atoms with Crippen LogP contribution in [-0.2, 0) is 6.61 Å². The monoisotopic (exact) mass is 419 g/mol.